The van der Waals surface area contributed by atoms with Crippen molar-refractivity contribution in [3.8, 4) is 0 Å². The van der Waals surface area contributed by atoms with E-state index in [1.807, 2.05) is 0 Å². The van der Waals surface area contributed by atoms with Crippen molar-refractivity contribution in [2.24, 2.45) is 0 Å². The maximum absolute atomic E-state index is 12.9. The summed E-state index contributed by atoms with van der Waals surface area (Å²) < 4.78 is 16.9. The smallest absolute Gasteiger partial charge is 0.306 e. The molecule has 472 valence electrons. The summed E-state index contributed by atoms with van der Waals surface area (Å²) in [6, 6.07) is 0. The van der Waals surface area contributed by atoms with Crippen LogP contribution in [-0.2, 0) is 28.6 Å². The third-order valence-corrected chi connectivity index (χ3v) is 14.7. The van der Waals surface area contributed by atoms with Gasteiger partial charge >= 0.3 is 17.9 Å². The molecule has 6 heteroatoms. The number of carbonyl (C=O) groups is 3. The second-order valence-corrected chi connectivity index (χ2v) is 22.7. The van der Waals surface area contributed by atoms with Crippen LogP contribution >= 0.6 is 0 Å². The van der Waals surface area contributed by atoms with Gasteiger partial charge in [0.05, 0.1) is 0 Å². The SMILES string of the molecule is CC/C=C\C/C=C\C/C=C\C/C=C\C/C=C\C/C=C\C/C=C\CCCCCCCCCCCCCC(=O)OCC(COC(=O)CCCCCCCCCCCCCCC)OC(=O)CCCCCCCC/C=C\C/C=C\C/C=C\C/C=C\CC. The molecule has 0 aromatic rings. The Hall–Kier alpha value is -4.45. The second kappa shape index (κ2) is 70.0. The molecule has 0 aromatic carbocycles. The van der Waals surface area contributed by atoms with E-state index in [2.05, 4.69) is 154 Å². The topological polar surface area (TPSA) is 78.9 Å². The van der Waals surface area contributed by atoms with Gasteiger partial charge in [0, 0.05) is 19.3 Å². The fourth-order valence-corrected chi connectivity index (χ4v) is 9.53. The zero-order chi connectivity index (χ0) is 59.9. The summed E-state index contributed by atoms with van der Waals surface area (Å²) >= 11 is 0. The van der Waals surface area contributed by atoms with E-state index < -0.39 is 6.10 Å². The number of unbranched alkanes of at least 4 members (excludes halogenated alkanes) is 29. The quantitative estimate of drug-likeness (QED) is 0.0261. The fourth-order valence-electron chi connectivity index (χ4n) is 9.53. The molecule has 0 N–H and O–H groups in total. The van der Waals surface area contributed by atoms with Crippen molar-refractivity contribution in [1.29, 1.82) is 0 Å². The van der Waals surface area contributed by atoms with Gasteiger partial charge in [-0.3, -0.25) is 14.4 Å². The summed E-state index contributed by atoms with van der Waals surface area (Å²) in [5, 5.41) is 0. The van der Waals surface area contributed by atoms with Crippen molar-refractivity contribution in [2.75, 3.05) is 13.2 Å². The first-order valence-corrected chi connectivity index (χ1v) is 34.7. The molecule has 0 rings (SSSR count). The van der Waals surface area contributed by atoms with Crippen LogP contribution in [0.25, 0.3) is 0 Å². The first kappa shape index (κ1) is 78.5. The first-order valence-electron chi connectivity index (χ1n) is 34.7. The third-order valence-electron chi connectivity index (χ3n) is 14.7. The molecule has 0 aliphatic carbocycles. The van der Waals surface area contributed by atoms with Crippen LogP contribution in [-0.4, -0.2) is 37.2 Å². The second-order valence-electron chi connectivity index (χ2n) is 22.7. The molecule has 83 heavy (non-hydrogen) atoms. The van der Waals surface area contributed by atoms with Gasteiger partial charge < -0.3 is 14.2 Å². The van der Waals surface area contributed by atoms with Crippen molar-refractivity contribution in [3.05, 3.63) is 134 Å². The lowest BCUT2D eigenvalue weighted by Gasteiger charge is -2.18. The van der Waals surface area contributed by atoms with Crippen LogP contribution in [0.15, 0.2) is 134 Å². The molecule has 0 amide bonds. The van der Waals surface area contributed by atoms with E-state index in [1.54, 1.807) is 0 Å². The van der Waals surface area contributed by atoms with Gasteiger partial charge in [-0.15, -0.1) is 0 Å². The Bertz CT molecular complexity index is 1750. The average Bonchev–Trinajstić information content (AvgIpc) is 3.49. The molecule has 0 aliphatic heterocycles. The monoisotopic (exact) mass is 1150 g/mol. The van der Waals surface area contributed by atoms with E-state index in [0.717, 1.165) is 141 Å². The lowest BCUT2D eigenvalue weighted by Crippen LogP contribution is -2.30. The van der Waals surface area contributed by atoms with Gasteiger partial charge in [-0.05, 0) is 116 Å². The number of allylic oxidation sites excluding steroid dienone is 22. The van der Waals surface area contributed by atoms with Gasteiger partial charge in [0.2, 0.25) is 0 Å². The molecule has 0 aliphatic rings. The van der Waals surface area contributed by atoms with Crippen LogP contribution in [0.2, 0.25) is 0 Å². The maximum Gasteiger partial charge on any atom is 0.306 e. The van der Waals surface area contributed by atoms with Crippen LogP contribution in [0.4, 0.5) is 0 Å². The van der Waals surface area contributed by atoms with Crippen LogP contribution in [0.3, 0.4) is 0 Å². The van der Waals surface area contributed by atoms with Crippen molar-refractivity contribution in [2.45, 2.75) is 322 Å². The minimum absolute atomic E-state index is 0.0841. The summed E-state index contributed by atoms with van der Waals surface area (Å²) in [7, 11) is 0. The first-order chi connectivity index (χ1) is 41.0. The van der Waals surface area contributed by atoms with Crippen LogP contribution in [0, 0.1) is 0 Å². The summed E-state index contributed by atoms with van der Waals surface area (Å²) in [4.78, 5) is 38.4. The highest BCUT2D eigenvalue weighted by Crippen LogP contribution is 2.16. The minimum atomic E-state index is -0.790. The minimum Gasteiger partial charge on any atom is -0.462 e. The number of hydrogen-bond acceptors (Lipinski definition) is 6. The van der Waals surface area contributed by atoms with E-state index >= 15 is 0 Å². The lowest BCUT2D eigenvalue weighted by molar-refractivity contribution is -0.167. The van der Waals surface area contributed by atoms with Gasteiger partial charge in [-0.25, -0.2) is 0 Å². The Morgan fingerprint density at radius 3 is 0.735 bits per heavy atom. The Balaban J connectivity index is 4.28. The predicted molar refractivity (Wildman–Crippen MR) is 362 cm³/mol. The van der Waals surface area contributed by atoms with Crippen LogP contribution < -0.4 is 0 Å². The Morgan fingerprint density at radius 1 is 0.253 bits per heavy atom. The molecule has 0 aromatic heterocycles. The number of ether oxygens (including phenoxy) is 3. The number of esters is 3. The molecule has 6 nitrogen and oxygen atoms in total. The standard InChI is InChI=1S/C77H128O6/c1-4-7-10-13-16-19-22-25-27-29-31-32-33-34-35-36-37-38-39-40-41-42-43-44-46-47-49-52-55-58-61-64-67-70-76(79)82-73-74(72-81-75(78)69-66-63-60-57-54-51-24-21-18-15-12-9-6-3)83-77(80)71-68-65-62-59-56-53-50-48-45-30-28-26-23-20-17-14-11-8-5-2/h7-8,10-11,16-17,19-20,25-28,31-32,34-35,37-38,40-41,45,48,74H,4-6,9,12-15,18,21-24,29-30,33,36,39,42-44,46-47,49-73H2,1-3H3/b10-7-,11-8-,19-16-,20-17-,27-25-,28-26-,32-31-,35-34-,38-37-,41-40-,48-45-. The maximum atomic E-state index is 12.9. The van der Waals surface area contributed by atoms with Gasteiger partial charge in [0.15, 0.2) is 6.10 Å². The van der Waals surface area contributed by atoms with Crippen molar-refractivity contribution >= 4 is 17.9 Å². The van der Waals surface area contributed by atoms with Crippen LogP contribution in [0.1, 0.15) is 316 Å². The predicted octanol–water partition coefficient (Wildman–Crippen LogP) is 24.1. The summed E-state index contributed by atoms with van der Waals surface area (Å²) in [6.45, 7) is 6.42. The molecule has 0 saturated carbocycles. The third kappa shape index (κ3) is 68.2. The molecular weight excluding hydrogens is 1020 g/mol. The van der Waals surface area contributed by atoms with Crippen LogP contribution in [0.5, 0.6) is 0 Å². The number of hydrogen-bond donors (Lipinski definition) is 0. The van der Waals surface area contributed by atoms with Gasteiger partial charge in [-0.2, -0.15) is 0 Å². The summed E-state index contributed by atoms with van der Waals surface area (Å²) in [6.07, 6.45) is 99.0. The Labute approximate surface area is 513 Å². The molecule has 0 heterocycles. The summed E-state index contributed by atoms with van der Waals surface area (Å²) in [5.41, 5.74) is 0. The van der Waals surface area contributed by atoms with Gasteiger partial charge in [0.1, 0.15) is 13.2 Å². The largest absolute Gasteiger partial charge is 0.462 e. The molecule has 0 spiro atoms. The summed E-state index contributed by atoms with van der Waals surface area (Å²) in [5.74, 6) is -0.893. The number of carbonyl (C=O) groups excluding carboxylic acids is 3. The molecule has 1 atom stereocenters. The Kier molecular flexibility index (Phi) is 66.3. The van der Waals surface area contributed by atoms with E-state index in [1.165, 1.54) is 135 Å². The van der Waals surface area contributed by atoms with Gasteiger partial charge in [0.25, 0.3) is 0 Å². The molecule has 0 fully saturated rings. The normalized spacial score (nSPS) is 13.0. The molecule has 0 radical (unpaired) electrons. The van der Waals surface area contributed by atoms with Crippen molar-refractivity contribution in [3.63, 3.8) is 0 Å². The number of rotatable bonds is 62. The highest BCUT2D eigenvalue weighted by molar-refractivity contribution is 5.71. The highest BCUT2D eigenvalue weighted by atomic mass is 16.6. The Morgan fingerprint density at radius 2 is 0.470 bits per heavy atom. The average molecular weight is 1150 g/mol. The molecule has 0 bridgehead atoms. The zero-order valence-electron chi connectivity index (χ0n) is 54.2. The van der Waals surface area contributed by atoms with E-state index in [-0.39, 0.29) is 31.1 Å². The lowest BCUT2D eigenvalue weighted by atomic mass is 10.0. The van der Waals surface area contributed by atoms with Crippen molar-refractivity contribution in [1.82, 2.24) is 0 Å². The van der Waals surface area contributed by atoms with Crippen molar-refractivity contribution < 1.29 is 28.6 Å². The molecule has 0 saturated heterocycles. The molecular formula is C77H128O6. The van der Waals surface area contributed by atoms with E-state index in [4.69, 9.17) is 14.2 Å². The van der Waals surface area contributed by atoms with E-state index in [9.17, 15) is 14.4 Å². The molecule has 1 unspecified atom stereocenters. The highest BCUT2D eigenvalue weighted by Gasteiger charge is 2.19. The van der Waals surface area contributed by atoms with E-state index in [0.29, 0.717) is 19.3 Å². The fraction of sp³-hybridized carbons (Fsp3) is 0.675. The zero-order valence-corrected chi connectivity index (χ0v) is 54.2. The van der Waals surface area contributed by atoms with Gasteiger partial charge in [-0.1, -0.05) is 315 Å².